The van der Waals surface area contributed by atoms with Gasteiger partial charge in [-0.2, -0.15) is 5.10 Å². The fourth-order valence-electron chi connectivity index (χ4n) is 1.42. The van der Waals surface area contributed by atoms with E-state index in [2.05, 4.69) is 29.0 Å². The molecule has 6 heteroatoms. The van der Waals surface area contributed by atoms with Crippen molar-refractivity contribution in [3.8, 4) is 5.75 Å². The molecule has 0 atom stereocenters. The Morgan fingerprint density at radius 3 is 2.50 bits per heavy atom. The molecule has 0 aliphatic heterocycles. The maximum atomic E-state index is 11.4. The van der Waals surface area contributed by atoms with Gasteiger partial charge in [-0.25, -0.2) is 5.43 Å². The first-order valence-corrected chi connectivity index (χ1v) is 6.69. The summed E-state index contributed by atoms with van der Waals surface area (Å²) >= 11 is 0. The normalized spacial score (nSPS) is 10.0. The van der Waals surface area contributed by atoms with Gasteiger partial charge in [0, 0.05) is 6.54 Å². The molecule has 0 aliphatic carbocycles. The van der Waals surface area contributed by atoms with Gasteiger partial charge >= 0.3 is 0 Å². The van der Waals surface area contributed by atoms with Crippen molar-refractivity contribution in [2.24, 2.45) is 5.10 Å². The highest BCUT2D eigenvalue weighted by atomic mass is 16.5. The number of carbonyl (C=O) groups is 2. The van der Waals surface area contributed by atoms with E-state index in [1.165, 1.54) is 12.3 Å². The molecule has 0 aromatic heterocycles. The third-order valence-corrected chi connectivity index (χ3v) is 2.42. The van der Waals surface area contributed by atoms with E-state index in [0.717, 1.165) is 11.3 Å². The number of ether oxygens (including phenoxy) is 1. The lowest BCUT2D eigenvalue weighted by atomic mass is 10.2. The predicted molar refractivity (Wildman–Crippen MR) is 85.7 cm³/mol. The summed E-state index contributed by atoms with van der Waals surface area (Å²) in [6.45, 7) is 7.80. The first kappa shape index (κ1) is 17.2. The molecule has 0 aliphatic rings. The van der Waals surface area contributed by atoms with Gasteiger partial charge < -0.3 is 10.1 Å². The highest BCUT2D eigenvalue weighted by Crippen LogP contribution is 2.10. The lowest BCUT2D eigenvalue weighted by Gasteiger charge is -2.03. The molecule has 2 amide bonds. The van der Waals surface area contributed by atoms with Crippen LogP contribution in [0.2, 0.25) is 0 Å². The number of hydrazone groups is 1. The second-order valence-corrected chi connectivity index (χ2v) is 4.23. The van der Waals surface area contributed by atoms with Crippen molar-refractivity contribution in [1.29, 1.82) is 0 Å². The van der Waals surface area contributed by atoms with E-state index in [9.17, 15) is 9.59 Å². The molecule has 2 N–H and O–H groups in total. The largest absolute Gasteiger partial charge is 0.490 e. The highest BCUT2D eigenvalue weighted by molar-refractivity contribution is 5.97. The average Bonchev–Trinajstić information content (AvgIpc) is 2.52. The van der Waals surface area contributed by atoms with Crippen LogP contribution in [0.1, 0.15) is 12.0 Å². The van der Waals surface area contributed by atoms with Crippen molar-refractivity contribution in [2.75, 3.05) is 13.2 Å². The van der Waals surface area contributed by atoms with Gasteiger partial charge in [0.2, 0.25) is 11.8 Å². The third kappa shape index (κ3) is 7.04. The summed E-state index contributed by atoms with van der Waals surface area (Å²) in [7, 11) is 0. The van der Waals surface area contributed by atoms with Gasteiger partial charge in [0.25, 0.3) is 0 Å². The zero-order chi connectivity index (χ0) is 16.2. The Hall–Kier alpha value is -2.89. The Kier molecular flexibility index (Phi) is 7.74. The molecule has 22 heavy (non-hydrogen) atoms. The molecule has 0 bridgehead atoms. The van der Waals surface area contributed by atoms with E-state index in [0.29, 0.717) is 13.2 Å². The number of nitrogens with zero attached hydrogens (tertiary/aromatic N) is 1. The van der Waals surface area contributed by atoms with Crippen molar-refractivity contribution in [3.63, 3.8) is 0 Å². The fraction of sp³-hybridized carbons (Fsp3) is 0.188. The Labute approximate surface area is 129 Å². The molecule has 0 spiro atoms. The third-order valence-electron chi connectivity index (χ3n) is 2.42. The Bertz CT molecular complexity index is 550. The number of carbonyl (C=O) groups excluding carboxylic acids is 2. The second kappa shape index (κ2) is 9.93. The van der Waals surface area contributed by atoms with E-state index < -0.39 is 5.91 Å². The standard InChI is InChI=1S/C16H19N3O3/c1-3-9-17-15(20)11-16(21)19-18-12-13-5-7-14(8-6-13)22-10-4-2/h3-8,12H,1-2,9-11H2,(H,17,20)(H,19,21)/b18-12+. The van der Waals surface area contributed by atoms with Crippen LogP contribution in [-0.2, 0) is 9.59 Å². The Morgan fingerprint density at radius 2 is 1.86 bits per heavy atom. The molecule has 1 aromatic rings. The molecule has 0 heterocycles. The number of hydrogen-bond acceptors (Lipinski definition) is 4. The maximum Gasteiger partial charge on any atom is 0.249 e. The summed E-state index contributed by atoms with van der Waals surface area (Å²) < 4.78 is 5.35. The number of rotatable bonds is 9. The molecular formula is C16H19N3O3. The Balaban J connectivity index is 2.38. The first-order chi connectivity index (χ1) is 10.7. The minimum absolute atomic E-state index is 0.278. The SMILES string of the molecule is C=CCNC(=O)CC(=O)N/N=C/c1ccc(OCC=C)cc1. The van der Waals surface area contributed by atoms with Gasteiger partial charge in [-0.15, -0.1) is 6.58 Å². The van der Waals surface area contributed by atoms with Crippen LogP contribution in [-0.4, -0.2) is 31.2 Å². The summed E-state index contributed by atoms with van der Waals surface area (Å²) in [5.41, 5.74) is 3.08. The molecule has 0 unspecified atom stereocenters. The minimum atomic E-state index is -0.483. The topological polar surface area (TPSA) is 79.8 Å². The van der Waals surface area contributed by atoms with E-state index in [1.807, 2.05) is 0 Å². The molecule has 116 valence electrons. The van der Waals surface area contributed by atoms with Crippen LogP contribution in [0.15, 0.2) is 54.7 Å². The Morgan fingerprint density at radius 1 is 1.14 bits per heavy atom. The minimum Gasteiger partial charge on any atom is -0.490 e. The highest BCUT2D eigenvalue weighted by Gasteiger charge is 2.06. The van der Waals surface area contributed by atoms with Crippen molar-refractivity contribution in [3.05, 3.63) is 55.1 Å². The van der Waals surface area contributed by atoms with Crippen LogP contribution in [0, 0.1) is 0 Å². The number of benzene rings is 1. The summed E-state index contributed by atoms with van der Waals surface area (Å²) in [6.07, 6.45) is 4.41. The van der Waals surface area contributed by atoms with Crippen LogP contribution >= 0.6 is 0 Å². The van der Waals surface area contributed by atoms with Gasteiger partial charge in [0.1, 0.15) is 18.8 Å². The van der Waals surface area contributed by atoms with E-state index in [4.69, 9.17) is 4.74 Å². The molecular weight excluding hydrogens is 282 g/mol. The molecule has 6 nitrogen and oxygen atoms in total. The summed E-state index contributed by atoms with van der Waals surface area (Å²) in [5, 5.41) is 6.29. The zero-order valence-corrected chi connectivity index (χ0v) is 12.2. The number of hydrogen-bond donors (Lipinski definition) is 2. The van der Waals surface area contributed by atoms with Gasteiger partial charge in [-0.1, -0.05) is 18.7 Å². The summed E-state index contributed by atoms with van der Waals surface area (Å²) in [5.74, 6) is -0.139. The molecule has 0 saturated carbocycles. The van der Waals surface area contributed by atoms with Crippen LogP contribution in [0.3, 0.4) is 0 Å². The molecule has 0 radical (unpaired) electrons. The lowest BCUT2D eigenvalue weighted by molar-refractivity contribution is -0.129. The van der Waals surface area contributed by atoms with E-state index in [1.54, 1.807) is 30.3 Å². The average molecular weight is 301 g/mol. The van der Waals surface area contributed by atoms with Crippen molar-refractivity contribution >= 4 is 18.0 Å². The van der Waals surface area contributed by atoms with Crippen LogP contribution in [0.25, 0.3) is 0 Å². The van der Waals surface area contributed by atoms with Crippen molar-refractivity contribution in [1.82, 2.24) is 10.7 Å². The quantitative estimate of drug-likeness (QED) is 0.313. The molecule has 0 saturated heterocycles. The van der Waals surface area contributed by atoms with Gasteiger partial charge in [-0.3, -0.25) is 9.59 Å². The molecule has 1 rings (SSSR count). The maximum absolute atomic E-state index is 11.4. The van der Waals surface area contributed by atoms with Gasteiger partial charge in [0.05, 0.1) is 6.21 Å². The number of amides is 2. The van der Waals surface area contributed by atoms with Crippen molar-refractivity contribution < 1.29 is 14.3 Å². The van der Waals surface area contributed by atoms with E-state index >= 15 is 0 Å². The predicted octanol–water partition coefficient (Wildman–Crippen LogP) is 1.39. The van der Waals surface area contributed by atoms with Crippen LogP contribution in [0.4, 0.5) is 0 Å². The van der Waals surface area contributed by atoms with Crippen LogP contribution < -0.4 is 15.5 Å². The van der Waals surface area contributed by atoms with Crippen LogP contribution in [0.5, 0.6) is 5.75 Å². The van der Waals surface area contributed by atoms with E-state index in [-0.39, 0.29) is 12.3 Å². The summed E-state index contributed by atoms with van der Waals surface area (Å²) in [6, 6.07) is 7.17. The molecule has 1 aromatic carbocycles. The van der Waals surface area contributed by atoms with Crippen molar-refractivity contribution in [2.45, 2.75) is 6.42 Å². The first-order valence-electron chi connectivity index (χ1n) is 6.69. The zero-order valence-electron chi connectivity index (χ0n) is 12.2. The second-order valence-electron chi connectivity index (χ2n) is 4.23. The lowest BCUT2D eigenvalue weighted by Crippen LogP contribution is -2.29. The fourth-order valence-corrected chi connectivity index (χ4v) is 1.42. The molecule has 0 fully saturated rings. The number of nitrogens with one attached hydrogen (secondary N) is 2. The summed E-state index contributed by atoms with van der Waals surface area (Å²) in [4.78, 5) is 22.7. The van der Waals surface area contributed by atoms with Gasteiger partial charge in [0.15, 0.2) is 0 Å². The monoisotopic (exact) mass is 301 g/mol. The smallest absolute Gasteiger partial charge is 0.249 e. The van der Waals surface area contributed by atoms with Gasteiger partial charge in [-0.05, 0) is 29.8 Å².